The Morgan fingerprint density at radius 2 is 2.24 bits per heavy atom. The van der Waals surface area contributed by atoms with Crippen molar-refractivity contribution >= 4 is 28.9 Å². The molecule has 2 rings (SSSR count). The molecule has 1 aliphatic heterocycles. The molecule has 1 fully saturated rings. The number of rotatable bonds is 3. The molecule has 0 saturated carbocycles. The van der Waals surface area contributed by atoms with Crippen LogP contribution in [0.2, 0.25) is 5.02 Å². The second-order valence-electron chi connectivity index (χ2n) is 3.76. The van der Waals surface area contributed by atoms with Crippen molar-refractivity contribution in [3.05, 3.63) is 33.3 Å². The van der Waals surface area contributed by atoms with E-state index in [2.05, 4.69) is 10.6 Å². The van der Waals surface area contributed by atoms with Gasteiger partial charge in [-0.25, -0.2) is 0 Å². The fraction of sp³-hybridized carbons (Fsp3) is 0.300. The molecule has 0 radical (unpaired) electrons. The Hall–Kier alpha value is -1.66. The summed E-state index contributed by atoms with van der Waals surface area (Å²) in [6.07, 6.45) is 0. The van der Waals surface area contributed by atoms with Crippen LogP contribution >= 0.6 is 11.6 Å². The van der Waals surface area contributed by atoms with E-state index in [1.54, 1.807) is 0 Å². The third-order valence-corrected chi connectivity index (χ3v) is 2.80. The molecule has 1 amide bonds. The third kappa shape index (κ3) is 2.54. The van der Waals surface area contributed by atoms with Crippen molar-refractivity contribution in [3.8, 4) is 0 Å². The molecule has 0 atom stereocenters. The Balaban J connectivity index is 2.20. The van der Waals surface area contributed by atoms with Crippen LogP contribution in [0.3, 0.4) is 0 Å². The first-order chi connectivity index (χ1) is 8.08. The zero-order valence-corrected chi connectivity index (χ0v) is 9.53. The quantitative estimate of drug-likeness (QED) is 0.632. The van der Waals surface area contributed by atoms with Crippen molar-refractivity contribution in [2.45, 2.75) is 0 Å². The molecule has 17 heavy (non-hydrogen) atoms. The lowest BCUT2D eigenvalue weighted by Crippen LogP contribution is -2.48. The van der Waals surface area contributed by atoms with Crippen molar-refractivity contribution in [2.75, 3.05) is 18.4 Å². The van der Waals surface area contributed by atoms with E-state index in [1.165, 1.54) is 18.2 Å². The summed E-state index contributed by atoms with van der Waals surface area (Å²) < 4.78 is 0. The van der Waals surface area contributed by atoms with Crippen LogP contribution in [0, 0.1) is 16.0 Å². The van der Waals surface area contributed by atoms with Crippen LogP contribution in [0.25, 0.3) is 0 Å². The fourth-order valence-corrected chi connectivity index (χ4v) is 1.65. The lowest BCUT2D eigenvalue weighted by Gasteiger charge is -2.25. The van der Waals surface area contributed by atoms with Gasteiger partial charge in [0.1, 0.15) is 5.69 Å². The minimum atomic E-state index is -0.551. The molecule has 0 bridgehead atoms. The summed E-state index contributed by atoms with van der Waals surface area (Å²) in [5.74, 6) is -0.359. The molecule has 7 heteroatoms. The number of benzene rings is 1. The Labute approximate surface area is 102 Å². The predicted octanol–water partition coefficient (Wildman–Crippen LogP) is 1.41. The van der Waals surface area contributed by atoms with Crippen LogP contribution in [0.15, 0.2) is 18.2 Å². The molecular weight excluding hydrogens is 246 g/mol. The molecule has 1 saturated heterocycles. The molecule has 0 aromatic heterocycles. The lowest BCUT2D eigenvalue weighted by atomic mass is 10.0. The summed E-state index contributed by atoms with van der Waals surface area (Å²) >= 11 is 5.75. The summed E-state index contributed by atoms with van der Waals surface area (Å²) in [5.41, 5.74) is -0.0190. The van der Waals surface area contributed by atoms with Gasteiger partial charge in [-0.1, -0.05) is 11.6 Å². The summed E-state index contributed by atoms with van der Waals surface area (Å²) in [7, 11) is 0. The Morgan fingerprint density at radius 1 is 1.53 bits per heavy atom. The van der Waals surface area contributed by atoms with Crippen LogP contribution in [0.4, 0.5) is 11.4 Å². The molecule has 1 aromatic rings. The van der Waals surface area contributed by atoms with Crippen molar-refractivity contribution in [3.63, 3.8) is 0 Å². The smallest absolute Gasteiger partial charge is 0.292 e. The number of nitrogens with one attached hydrogen (secondary N) is 2. The molecule has 0 aliphatic carbocycles. The molecule has 90 valence electrons. The second-order valence-corrected chi connectivity index (χ2v) is 4.20. The van der Waals surface area contributed by atoms with Gasteiger partial charge in [0.15, 0.2) is 0 Å². The Morgan fingerprint density at radius 3 is 2.76 bits per heavy atom. The number of nitro benzene ring substituents is 1. The number of hydrogen-bond donors (Lipinski definition) is 2. The van der Waals surface area contributed by atoms with Gasteiger partial charge in [0, 0.05) is 24.2 Å². The highest BCUT2D eigenvalue weighted by Crippen LogP contribution is 2.28. The first-order valence-corrected chi connectivity index (χ1v) is 5.41. The highest BCUT2D eigenvalue weighted by atomic mass is 35.5. The van der Waals surface area contributed by atoms with Gasteiger partial charge in [-0.2, -0.15) is 0 Å². The number of amides is 1. The van der Waals surface area contributed by atoms with Gasteiger partial charge in [0.2, 0.25) is 5.91 Å². The van der Waals surface area contributed by atoms with E-state index in [0.29, 0.717) is 18.1 Å². The van der Waals surface area contributed by atoms with E-state index < -0.39 is 4.92 Å². The second kappa shape index (κ2) is 4.68. The van der Waals surface area contributed by atoms with Gasteiger partial charge in [0.05, 0.1) is 10.8 Å². The predicted molar refractivity (Wildman–Crippen MR) is 63.1 cm³/mol. The van der Waals surface area contributed by atoms with Crippen molar-refractivity contribution < 1.29 is 9.72 Å². The minimum Gasteiger partial charge on any atom is -0.320 e. The van der Waals surface area contributed by atoms with Crippen LogP contribution in [-0.4, -0.2) is 23.9 Å². The summed E-state index contributed by atoms with van der Waals surface area (Å²) in [6, 6.07) is 4.07. The van der Waals surface area contributed by atoms with E-state index >= 15 is 0 Å². The zero-order valence-electron chi connectivity index (χ0n) is 8.77. The van der Waals surface area contributed by atoms with Crippen LogP contribution in [0.1, 0.15) is 0 Å². The van der Waals surface area contributed by atoms with E-state index in [0.717, 1.165) is 0 Å². The lowest BCUT2D eigenvalue weighted by molar-refractivity contribution is -0.383. The third-order valence-electron chi connectivity index (χ3n) is 2.57. The Bertz CT molecular complexity index is 474. The molecular formula is C10H10ClN3O3. The van der Waals surface area contributed by atoms with Gasteiger partial charge in [-0.15, -0.1) is 0 Å². The highest BCUT2D eigenvalue weighted by molar-refractivity contribution is 6.31. The van der Waals surface area contributed by atoms with Gasteiger partial charge in [-0.3, -0.25) is 14.9 Å². The van der Waals surface area contributed by atoms with Gasteiger partial charge >= 0.3 is 0 Å². The first-order valence-electron chi connectivity index (χ1n) is 5.03. The average Bonchev–Trinajstić information content (AvgIpc) is 2.13. The largest absolute Gasteiger partial charge is 0.320 e. The summed E-state index contributed by atoms with van der Waals surface area (Å²) in [4.78, 5) is 21.9. The maximum Gasteiger partial charge on any atom is 0.292 e. The molecule has 0 spiro atoms. The number of nitrogens with zero attached hydrogens (tertiary/aromatic N) is 1. The number of carbonyl (C=O) groups is 1. The average molecular weight is 256 g/mol. The van der Waals surface area contributed by atoms with Gasteiger partial charge < -0.3 is 10.6 Å². The topological polar surface area (TPSA) is 84.3 Å². The molecule has 1 heterocycles. The highest BCUT2D eigenvalue weighted by Gasteiger charge is 2.26. The fourth-order valence-electron chi connectivity index (χ4n) is 1.48. The van der Waals surface area contributed by atoms with Gasteiger partial charge in [0.25, 0.3) is 5.69 Å². The SMILES string of the molecule is O=C(Nc1cc(Cl)ccc1[N+](=O)[O-])C1CNC1. The number of anilines is 1. The number of hydrogen-bond acceptors (Lipinski definition) is 4. The zero-order chi connectivity index (χ0) is 12.4. The molecule has 1 aliphatic rings. The van der Waals surface area contributed by atoms with E-state index in [1.807, 2.05) is 0 Å². The van der Waals surface area contributed by atoms with Crippen LogP contribution in [0.5, 0.6) is 0 Å². The summed E-state index contributed by atoms with van der Waals surface area (Å²) in [5, 5.41) is 16.6. The van der Waals surface area contributed by atoms with E-state index in [9.17, 15) is 14.9 Å². The number of nitro groups is 1. The maximum absolute atomic E-state index is 11.7. The first kappa shape index (κ1) is 11.8. The monoisotopic (exact) mass is 255 g/mol. The Kier molecular flexibility index (Phi) is 3.26. The minimum absolute atomic E-state index is 0.131. The normalized spacial score (nSPS) is 15.1. The standard InChI is InChI=1S/C10H10ClN3O3/c11-7-1-2-9(14(16)17)8(3-7)13-10(15)6-4-12-5-6/h1-3,6,12H,4-5H2,(H,13,15). The molecule has 6 nitrogen and oxygen atoms in total. The maximum atomic E-state index is 11.7. The van der Waals surface area contributed by atoms with Gasteiger partial charge in [-0.05, 0) is 12.1 Å². The summed E-state index contributed by atoms with van der Waals surface area (Å²) in [6.45, 7) is 1.19. The molecule has 0 unspecified atom stereocenters. The van der Waals surface area contributed by atoms with Crippen LogP contribution < -0.4 is 10.6 Å². The van der Waals surface area contributed by atoms with E-state index in [-0.39, 0.29) is 23.2 Å². The van der Waals surface area contributed by atoms with Crippen molar-refractivity contribution in [1.29, 1.82) is 0 Å². The number of halogens is 1. The van der Waals surface area contributed by atoms with Crippen molar-refractivity contribution in [1.82, 2.24) is 5.32 Å². The van der Waals surface area contributed by atoms with Crippen LogP contribution in [-0.2, 0) is 4.79 Å². The van der Waals surface area contributed by atoms with E-state index in [4.69, 9.17) is 11.6 Å². The number of carbonyl (C=O) groups excluding carboxylic acids is 1. The van der Waals surface area contributed by atoms with Crippen molar-refractivity contribution in [2.24, 2.45) is 5.92 Å². The molecule has 2 N–H and O–H groups in total. The molecule has 1 aromatic carbocycles.